The van der Waals surface area contributed by atoms with E-state index < -0.39 is 0 Å². The second kappa shape index (κ2) is 5.35. The van der Waals surface area contributed by atoms with Crippen molar-refractivity contribution in [1.29, 1.82) is 0 Å². The molecule has 1 N–H and O–H groups in total. The van der Waals surface area contributed by atoms with Crippen molar-refractivity contribution in [2.24, 2.45) is 0 Å². The molecule has 0 bridgehead atoms. The van der Waals surface area contributed by atoms with Crippen LogP contribution in [0.25, 0.3) is 0 Å². The van der Waals surface area contributed by atoms with Crippen molar-refractivity contribution in [2.75, 3.05) is 24.9 Å². The second-order valence-corrected chi connectivity index (χ2v) is 3.75. The lowest BCUT2D eigenvalue weighted by atomic mass is 10.3. The van der Waals surface area contributed by atoms with Crippen molar-refractivity contribution in [3.63, 3.8) is 0 Å². The van der Waals surface area contributed by atoms with Gasteiger partial charge in [0.25, 0.3) is 0 Å². The average molecular weight is 265 g/mol. The fraction of sp³-hybridized carbons (Fsp3) is 0.333. The lowest BCUT2D eigenvalue weighted by molar-refractivity contribution is 0.416. The largest absolute Gasteiger partial charge is 0.495 e. The number of benzene rings is 1. The molecule has 0 aliphatic heterocycles. The SMILES string of the molecule is COc1ccc(Br)cc1NCCCl. The van der Waals surface area contributed by atoms with Crippen molar-refractivity contribution in [1.82, 2.24) is 0 Å². The van der Waals surface area contributed by atoms with Gasteiger partial charge in [-0.3, -0.25) is 0 Å². The Kier molecular flexibility index (Phi) is 4.39. The van der Waals surface area contributed by atoms with E-state index >= 15 is 0 Å². The van der Waals surface area contributed by atoms with E-state index in [2.05, 4.69) is 21.2 Å². The minimum atomic E-state index is 0.579. The summed E-state index contributed by atoms with van der Waals surface area (Å²) in [6.45, 7) is 0.731. The van der Waals surface area contributed by atoms with Crippen LogP contribution in [0.4, 0.5) is 5.69 Å². The van der Waals surface area contributed by atoms with E-state index in [-0.39, 0.29) is 0 Å². The Morgan fingerprint density at radius 1 is 1.54 bits per heavy atom. The maximum absolute atomic E-state index is 5.57. The molecule has 2 nitrogen and oxygen atoms in total. The van der Waals surface area contributed by atoms with Gasteiger partial charge in [-0.05, 0) is 18.2 Å². The number of alkyl halides is 1. The Hall–Kier alpha value is -0.410. The Labute approximate surface area is 91.4 Å². The van der Waals surface area contributed by atoms with Gasteiger partial charge in [-0.25, -0.2) is 0 Å². The number of hydrogen-bond donors (Lipinski definition) is 1. The van der Waals surface area contributed by atoms with Gasteiger partial charge in [-0.15, -0.1) is 11.6 Å². The van der Waals surface area contributed by atoms with E-state index in [1.54, 1.807) is 7.11 Å². The van der Waals surface area contributed by atoms with Crippen LogP contribution in [0.2, 0.25) is 0 Å². The number of rotatable bonds is 4. The van der Waals surface area contributed by atoms with Crippen molar-refractivity contribution < 1.29 is 4.74 Å². The lowest BCUT2D eigenvalue weighted by Crippen LogP contribution is -2.03. The van der Waals surface area contributed by atoms with Crippen molar-refractivity contribution in [3.8, 4) is 5.75 Å². The van der Waals surface area contributed by atoms with Gasteiger partial charge in [-0.1, -0.05) is 15.9 Å². The summed E-state index contributed by atoms with van der Waals surface area (Å²) in [6.07, 6.45) is 0. The number of halogens is 2. The molecule has 1 aromatic carbocycles. The van der Waals surface area contributed by atoms with E-state index in [1.165, 1.54) is 0 Å². The number of anilines is 1. The molecule has 0 heterocycles. The summed E-state index contributed by atoms with van der Waals surface area (Å²) in [6, 6.07) is 5.80. The molecule has 0 unspecified atom stereocenters. The summed E-state index contributed by atoms with van der Waals surface area (Å²) in [5, 5.41) is 3.17. The normalized spacial score (nSPS) is 9.77. The van der Waals surface area contributed by atoms with Crippen LogP contribution in [0.5, 0.6) is 5.75 Å². The van der Waals surface area contributed by atoms with Crippen molar-refractivity contribution >= 4 is 33.2 Å². The molecule has 0 spiro atoms. The minimum absolute atomic E-state index is 0.579. The molecule has 0 atom stereocenters. The molecular formula is C9H11BrClNO. The summed E-state index contributed by atoms with van der Waals surface area (Å²) < 4.78 is 6.19. The highest BCUT2D eigenvalue weighted by molar-refractivity contribution is 9.10. The van der Waals surface area contributed by atoms with Gasteiger partial charge < -0.3 is 10.1 Å². The molecular weight excluding hydrogens is 253 g/mol. The topological polar surface area (TPSA) is 21.3 Å². The highest BCUT2D eigenvalue weighted by atomic mass is 79.9. The highest BCUT2D eigenvalue weighted by Gasteiger charge is 2.01. The smallest absolute Gasteiger partial charge is 0.142 e. The summed E-state index contributed by atoms with van der Waals surface area (Å²) in [5.41, 5.74) is 0.956. The zero-order valence-electron chi connectivity index (χ0n) is 7.31. The molecule has 13 heavy (non-hydrogen) atoms. The van der Waals surface area contributed by atoms with Crippen LogP contribution in [0.3, 0.4) is 0 Å². The van der Waals surface area contributed by atoms with Crippen LogP contribution in [-0.4, -0.2) is 19.5 Å². The number of nitrogens with one attached hydrogen (secondary N) is 1. The molecule has 0 amide bonds. The van der Waals surface area contributed by atoms with Gasteiger partial charge in [0.05, 0.1) is 12.8 Å². The Morgan fingerprint density at radius 2 is 2.31 bits per heavy atom. The third-order valence-electron chi connectivity index (χ3n) is 1.57. The van der Waals surface area contributed by atoms with Crippen LogP contribution < -0.4 is 10.1 Å². The minimum Gasteiger partial charge on any atom is -0.495 e. The molecule has 0 aromatic heterocycles. The van der Waals surface area contributed by atoms with Gasteiger partial charge in [0.1, 0.15) is 5.75 Å². The Morgan fingerprint density at radius 3 is 2.92 bits per heavy atom. The predicted molar refractivity (Wildman–Crippen MR) is 59.9 cm³/mol. The lowest BCUT2D eigenvalue weighted by Gasteiger charge is -2.09. The first kappa shape index (κ1) is 10.7. The number of ether oxygens (including phenoxy) is 1. The van der Waals surface area contributed by atoms with Crippen LogP contribution in [0, 0.1) is 0 Å². The Balaban J connectivity index is 2.81. The molecule has 4 heteroatoms. The first-order valence-corrected chi connectivity index (χ1v) is 5.24. The molecule has 0 fully saturated rings. The van der Waals surface area contributed by atoms with Gasteiger partial charge in [0.2, 0.25) is 0 Å². The molecule has 0 radical (unpaired) electrons. The van der Waals surface area contributed by atoms with Crippen LogP contribution in [-0.2, 0) is 0 Å². The maximum Gasteiger partial charge on any atom is 0.142 e. The zero-order chi connectivity index (χ0) is 9.68. The molecule has 0 aliphatic carbocycles. The average Bonchev–Trinajstić information content (AvgIpc) is 2.15. The third-order valence-corrected chi connectivity index (χ3v) is 2.25. The van der Waals surface area contributed by atoms with E-state index in [9.17, 15) is 0 Å². The Bertz CT molecular complexity index is 280. The molecule has 0 saturated heterocycles. The fourth-order valence-electron chi connectivity index (χ4n) is 1.00. The van der Waals surface area contributed by atoms with Gasteiger partial charge in [0.15, 0.2) is 0 Å². The van der Waals surface area contributed by atoms with Gasteiger partial charge in [0, 0.05) is 16.9 Å². The molecule has 0 saturated carbocycles. The predicted octanol–water partition coefficient (Wildman–Crippen LogP) is 3.11. The highest BCUT2D eigenvalue weighted by Crippen LogP contribution is 2.27. The van der Waals surface area contributed by atoms with Crippen molar-refractivity contribution in [2.45, 2.75) is 0 Å². The summed E-state index contributed by atoms with van der Waals surface area (Å²) >= 11 is 8.96. The van der Waals surface area contributed by atoms with E-state index in [0.717, 1.165) is 22.5 Å². The van der Waals surface area contributed by atoms with Crippen LogP contribution in [0.1, 0.15) is 0 Å². The van der Waals surface area contributed by atoms with Crippen LogP contribution in [0.15, 0.2) is 22.7 Å². The van der Waals surface area contributed by atoms with E-state index in [4.69, 9.17) is 16.3 Å². The van der Waals surface area contributed by atoms with Crippen molar-refractivity contribution in [3.05, 3.63) is 22.7 Å². The quantitative estimate of drug-likeness (QED) is 0.844. The fourth-order valence-corrected chi connectivity index (χ4v) is 1.46. The summed E-state index contributed by atoms with van der Waals surface area (Å²) in [4.78, 5) is 0. The molecule has 72 valence electrons. The zero-order valence-corrected chi connectivity index (χ0v) is 9.65. The van der Waals surface area contributed by atoms with E-state index in [1.807, 2.05) is 18.2 Å². The molecule has 1 aromatic rings. The number of hydrogen-bond acceptors (Lipinski definition) is 2. The third kappa shape index (κ3) is 3.08. The monoisotopic (exact) mass is 263 g/mol. The summed E-state index contributed by atoms with van der Waals surface area (Å²) in [5.74, 6) is 1.41. The standard InChI is InChI=1S/C9H11BrClNO/c1-13-9-3-2-7(10)6-8(9)12-5-4-11/h2-3,6,12H,4-5H2,1H3. The maximum atomic E-state index is 5.57. The molecule has 1 rings (SSSR count). The van der Waals surface area contributed by atoms with Crippen LogP contribution >= 0.6 is 27.5 Å². The molecule has 0 aliphatic rings. The van der Waals surface area contributed by atoms with E-state index in [0.29, 0.717) is 5.88 Å². The van der Waals surface area contributed by atoms with Gasteiger partial charge in [-0.2, -0.15) is 0 Å². The number of methoxy groups -OCH3 is 1. The second-order valence-electron chi connectivity index (χ2n) is 2.46. The summed E-state index contributed by atoms with van der Waals surface area (Å²) in [7, 11) is 1.65. The first-order chi connectivity index (χ1) is 6.27. The first-order valence-electron chi connectivity index (χ1n) is 3.91. The van der Waals surface area contributed by atoms with Gasteiger partial charge >= 0.3 is 0 Å².